The van der Waals surface area contributed by atoms with E-state index in [1.807, 2.05) is 13.0 Å². The number of fused-ring (bicyclic) bond motifs is 1. The van der Waals surface area contributed by atoms with Crippen LogP contribution in [0, 0.1) is 6.92 Å². The SMILES string of the molecule is CCn1c(C)nc2cc(C(=O)N/N=C/c3cc(Br)ccc3O)ccc21. The fourth-order valence-electron chi connectivity index (χ4n) is 2.64. The Labute approximate surface area is 153 Å². The second-order valence-corrected chi connectivity index (χ2v) is 6.42. The molecule has 25 heavy (non-hydrogen) atoms. The first kappa shape index (κ1) is 17.2. The number of carbonyl (C=O) groups is 1. The molecule has 1 aromatic heterocycles. The molecule has 128 valence electrons. The van der Waals surface area contributed by atoms with E-state index >= 15 is 0 Å². The van der Waals surface area contributed by atoms with Crippen molar-refractivity contribution < 1.29 is 9.90 Å². The average Bonchev–Trinajstić information content (AvgIpc) is 2.91. The molecule has 3 aromatic rings. The molecule has 0 spiro atoms. The Balaban J connectivity index is 1.78. The van der Waals surface area contributed by atoms with Gasteiger partial charge in [0.15, 0.2) is 0 Å². The van der Waals surface area contributed by atoms with E-state index in [1.165, 1.54) is 6.21 Å². The molecule has 0 aliphatic rings. The van der Waals surface area contributed by atoms with Crippen molar-refractivity contribution in [1.82, 2.24) is 15.0 Å². The fourth-order valence-corrected chi connectivity index (χ4v) is 3.02. The summed E-state index contributed by atoms with van der Waals surface area (Å²) in [7, 11) is 0. The number of aromatic nitrogens is 2. The van der Waals surface area contributed by atoms with Gasteiger partial charge < -0.3 is 9.67 Å². The van der Waals surface area contributed by atoms with Gasteiger partial charge in [0.2, 0.25) is 0 Å². The zero-order chi connectivity index (χ0) is 18.0. The Morgan fingerprint density at radius 3 is 2.92 bits per heavy atom. The number of phenols is 1. The number of hydrogen-bond acceptors (Lipinski definition) is 4. The molecule has 0 saturated carbocycles. The molecule has 0 aliphatic heterocycles. The number of aryl methyl sites for hydroxylation is 2. The van der Waals surface area contributed by atoms with E-state index in [4.69, 9.17) is 0 Å². The van der Waals surface area contributed by atoms with Gasteiger partial charge in [0.1, 0.15) is 11.6 Å². The van der Waals surface area contributed by atoms with Gasteiger partial charge in [-0.25, -0.2) is 10.4 Å². The third-order valence-electron chi connectivity index (χ3n) is 3.88. The van der Waals surface area contributed by atoms with Crippen molar-refractivity contribution in [3.8, 4) is 5.75 Å². The van der Waals surface area contributed by atoms with Crippen LogP contribution in [0.4, 0.5) is 0 Å². The molecule has 0 unspecified atom stereocenters. The summed E-state index contributed by atoms with van der Waals surface area (Å²) < 4.78 is 2.90. The summed E-state index contributed by atoms with van der Waals surface area (Å²) in [6, 6.07) is 10.4. The van der Waals surface area contributed by atoms with Gasteiger partial charge in [0.25, 0.3) is 5.91 Å². The molecule has 0 radical (unpaired) electrons. The van der Waals surface area contributed by atoms with Gasteiger partial charge in [-0.15, -0.1) is 0 Å². The highest BCUT2D eigenvalue weighted by molar-refractivity contribution is 9.10. The monoisotopic (exact) mass is 400 g/mol. The second-order valence-electron chi connectivity index (χ2n) is 5.51. The van der Waals surface area contributed by atoms with Crippen molar-refractivity contribution in [2.75, 3.05) is 0 Å². The predicted molar refractivity (Wildman–Crippen MR) is 101 cm³/mol. The van der Waals surface area contributed by atoms with Crippen molar-refractivity contribution in [2.24, 2.45) is 5.10 Å². The smallest absolute Gasteiger partial charge is 0.271 e. The molecule has 1 heterocycles. The van der Waals surface area contributed by atoms with E-state index in [0.717, 1.165) is 27.9 Å². The molecule has 0 atom stereocenters. The first-order valence-corrected chi connectivity index (χ1v) is 8.57. The van der Waals surface area contributed by atoms with E-state index in [9.17, 15) is 9.90 Å². The third kappa shape index (κ3) is 3.56. The van der Waals surface area contributed by atoms with Crippen LogP contribution < -0.4 is 5.43 Å². The molecule has 7 heteroatoms. The van der Waals surface area contributed by atoms with Crippen LogP contribution in [0.2, 0.25) is 0 Å². The Morgan fingerprint density at radius 2 is 2.16 bits per heavy atom. The molecule has 0 aliphatic carbocycles. The third-order valence-corrected chi connectivity index (χ3v) is 4.37. The summed E-state index contributed by atoms with van der Waals surface area (Å²) in [6.45, 7) is 4.83. The quantitative estimate of drug-likeness (QED) is 0.518. The van der Waals surface area contributed by atoms with Gasteiger partial charge in [-0.3, -0.25) is 4.79 Å². The first-order chi connectivity index (χ1) is 12.0. The summed E-state index contributed by atoms with van der Waals surface area (Å²) in [4.78, 5) is 16.7. The summed E-state index contributed by atoms with van der Waals surface area (Å²) in [6.07, 6.45) is 1.40. The predicted octanol–water partition coefficient (Wildman–Crippen LogP) is 3.60. The number of imidazole rings is 1. The Bertz CT molecular complexity index is 979. The second kappa shape index (κ2) is 7.06. The van der Waals surface area contributed by atoms with Crippen LogP contribution in [0.5, 0.6) is 5.75 Å². The van der Waals surface area contributed by atoms with E-state index in [1.54, 1.807) is 30.3 Å². The number of nitrogens with zero attached hydrogens (tertiary/aromatic N) is 3. The average molecular weight is 401 g/mol. The molecule has 0 bridgehead atoms. The van der Waals surface area contributed by atoms with Crippen molar-refractivity contribution in [1.29, 1.82) is 0 Å². The molecule has 2 aromatic carbocycles. The Morgan fingerprint density at radius 1 is 1.36 bits per heavy atom. The number of hydrazone groups is 1. The molecule has 0 saturated heterocycles. The lowest BCUT2D eigenvalue weighted by Crippen LogP contribution is -2.17. The van der Waals surface area contributed by atoms with E-state index < -0.39 is 0 Å². The topological polar surface area (TPSA) is 79.5 Å². The lowest BCUT2D eigenvalue weighted by Gasteiger charge is -2.03. The maximum absolute atomic E-state index is 12.3. The molecule has 1 amide bonds. The zero-order valence-electron chi connectivity index (χ0n) is 13.8. The van der Waals surface area contributed by atoms with Crippen LogP contribution in [0.25, 0.3) is 11.0 Å². The van der Waals surface area contributed by atoms with Crippen molar-refractivity contribution in [3.05, 3.63) is 57.8 Å². The van der Waals surface area contributed by atoms with Crippen LogP contribution in [-0.4, -0.2) is 26.8 Å². The summed E-state index contributed by atoms with van der Waals surface area (Å²) >= 11 is 3.32. The molecule has 0 fully saturated rings. The minimum absolute atomic E-state index is 0.0863. The summed E-state index contributed by atoms with van der Waals surface area (Å²) in [5.41, 5.74) is 5.22. The normalized spacial score (nSPS) is 11.3. The van der Waals surface area contributed by atoms with E-state index in [2.05, 4.69) is 42.9 Å². The molecule has 3 rings (SSSR count). The van der Waals surface area contributed by atoms with Crippen LogP contribution >= 0.6 is 15.9 Å². The number of benzene rings is 2. The maximum Gasteiger partial charge on any atom is 0.271 e. The highest BCUT2D eigenvalue weighted by atomic mass is 79.9. The highest BCUT2D eigenvalue weighted by Gasteiger charge is 2.10. The van der Waals surface area contributed by atoms with Crippen molar-refractivity contribution >= 4 is 39.1 Å². The lowest BCUT2D eigenvalue weighted by atomic mass is 10.2. The van der Waals surface area contributed by atoms with E-state index in [0.29, 0.717) is 11.1 Å². The highest BCUT2D eigenvalue weighted by Crippen LogP contribution is 2.20. The minimum atomic E-state index is -0.337. The van der Waals surface area contributed by atoms with Gasteiger partial charge in [-0.05, 0) is 50.2 Å². The zero-order valence-corrected chi connectivity index (χ0v) is 15.4. The molecular formula is C18H17BrN4O2. The molecular weight excluding hydrogens is 384 g/mol. The van der Waals surface area contributed by atoms with Gasteiger partial charge in [0.05, 0.1) is 17.2 Å². The van der Waals surface area contributed by atoms with Crippen molar-refractivity contribution in [2.45, 2.75) is 20.4 Å². The number of phenolic OH excluding ortho intramolecular Hbond substituents is 1. The van der Waals surface area contributed by atoms with Crippen LogP contribution in [-0.2, 0) is 6.54 Å². The number of carbonyl (C=O) groups excluding carboxylic acids is 1. The number of hydrogen-bond donors (Lipinski definition) is 2. The largest absolute Gasteiger partial charge is 0.507 e. The molecule has 2 N–H and O–H groups in total. The summed E-state index contributed by atoms with van der Waals surface area (Å²) in [5, 5.41) is 13.7. The minimum Gasteiger partial charge on any atom is -0.507 e. The maximum atomic E-state index is 12.3. The van der Waals surface area contributed by atoms with Gasteiger partial charge >= 0.3 is 0 Å². The fraction of sp³-hybridized carbons (Fsp3) is 0.167. The number of aromatic hydroxyl groups is 1. The Hall–Kier alpha value is -2.67. The first-order valence-electron chi connectivity index (χ1n) is 7.78. The standard InChI is InChI=1S/C18H17BrN4O2/c1-3-23-11(2)21-15-9-12(4-6-16(15)23)18(25)22-20-10-13-8-14(19)5-7-17(13)24/h4-10,24H,3H2,1-2H3,(H,22,25)/b20-10+. The van der Waals surface area contributed by atoms with Crippen LogP contribution in [0.1, 0.15) is 28.7 Å². The van der Waals surface area contributed by atoms with E-state index in [-0.39, 0.29) is 11.7 Å². The molecule has 6 nitrogen and oxygen atoms in total. The van der Waals surface area contributed by atoms with Gasteiger partial charge in [0, 0.05) is 22.1 Å². The van der Waals surface area contributed by atoms with Gasteiger partial charge in [-0.2, -0.15) is 5.10 Å². The summed E-state index contributed by atoms with van der Waals surface area (Å²) in [5.74, 6) is 0.665. The number of rotatable bonds is 4. The number of halogens is 1. The van der Waals surface area contributed by atoms with Gasteiger partial charge in [-0.1, -0.05) is 15.9 Å². The number of nitrogens with one attached hydrogen (secondary N) is 1. The lowest BCUT2D eigenvalue weighted by molar-refractivity contribution is 0.0955. The van der Waals surface area contributed by atoms with Crippen molar-refractivity contribution in [3.63, 3.8) is 0 Å². The van der Waals surface area contributed by atoms with Crippen LogP contribution in [0.3, 0.4) is 0 Å². The number of amides is 1. The van der Waals surface area contributed by atoms with Crippen LogP contribution in [0.15, 0.2) is 46.0 Å². The Kier molecular flexibility index (Phi) is 4.85.